The molecule has 2 rings (SSSR count). The number of rotatable bonds is 5. The van der Waals surface area contributed by atoms with E-state index in [0.717, 1.165) is 18.0 Å². The largest absolute Gasteiger partial charge is 0.305 e. The molecule has 0 fully saturated rings. The van der Waals surface area contributed by atoms with Gasteiger partial charge in [-0.3, -0.25) is 4.68 Å². The molecule has 2 heterocycles. The summed E-state index contributed by atoms with van der Waals surface area (Å²) in [4.78, 5) is 5.58. The number of nitrogens with one attached hydrogen (secondary N) is 1. The second kappa shape index (κ2) is 5.42. The van der Waals surface area contributed by atoms with Crippen LogP contribution in [0, 0.1) is 6.92 Å². The number of aryl methyl sites for hydroxylation is 2. The third kappa shape index (κ3) is 2.92. The molecule has 0 aliphatic rings. The molecule has 0 aliphatic carbocycles. The average Bonchev–Trinajstić information content (AvgIpc) is 2.89. The molecule has 5 heteroatoms. The highest BCUT2D eigenvalue weighted by Gasteiger charge is 2.17. The van der Waals surface area contributed by atoms with Gasteiger partial charge in [0.25, 0.3) is 0 Å². The Balaban J connectivity index is 2.24. The van der Waals surface area contributed by atoms with Gasteiger partial charge < -0.3 is 5.32 Å². The molecule has 0 saturated heterocycles. The zero-order valence-electron chi connectivity index (χ0n) is 10.5. The SMILES string of the molecule is CCCNC(c1cnn(C)c1)c1cnc(C)s1. The molecule has 1 unspecified atom stereocenters. The second-order valence-corrected chi connectivity index (χ2v) is 5.38. The highest BCUT2D eigenvalue weighted by Crippen LogP contribution is 2.26. The van der Waals surface area contributed by atoms with Gasteiger partial charge in [-0.1, -0.05) is 6.92 Å². The molecule has 0 bridgehead atoms. The maximum Gasteiger partial charge on any atom is 0.0897 e. The Labute approximate surface area is 106 Å². The molecule has 0 saturated carbocycles. The molecule has 2 aromatic rings. The quantitative estimate of drug-likeness (QED) is 0.885. The first kappa shape index (κ1) is 12.3. The summed E-state index contributed by atoms with van der Waals surface area (Å²) in [7, 11) is 1.94. The van der Waals surface area contributed by atoms with Crippen LogP contribution in [0.3, 0.4) is 0 Å². The van der Waals surface area contributed by atoms with Gasteiger partial charge in [0.2, 0.25) is 0 Å². The van der Waals surface area contributed by atoms with Gasteiger partial charge in [0.15, 0.2) is 0 Å². The van der Waals surface area contributed by atoms with E-state index in [1.54, 1.807) is 11.3 Å². The Hall–Kier alpha value is -1.20. The zero-order valence-corrected chi connectivity index (χ0v) is 11.3. The smallest absolute Gasteiger partial charge is 0.0897 e. The van der Waals surface area contributed by atoms with Crippen molar-refractivity contribution in [1.29, 1.82) is 0 Å². The summed E-state index contributed by atoms with van der Waals surface area (Å²) in [5.41, 5.74) is 1.20. The first-order valence-electron chi connectivity index (χ1n) is 5.85. The van der Waals surface area contributed by atoms with Gasteiger partial charge in [0, 0.05) is 29.9 Å². The maximum absolute atomic E-state index is 4.33. The highest BCUT2D eigenvalue weighted by atomic mass is 32.1. The van der Waals surface area contributed by atoms with Crippen molar-refractivity contribution in [3.8, 4) is 0 Å². The van der Waals surface area contributed by atoms with E-state index in [9.17, 15) is 0 Å². The molecule has 17 heavy (non-hydrogen) atoms. The standard InChI is InChI=1S/C12H18N4S/c1-4-5-13-12(10-6-15-16(3)8-10)11-7-14-9(2)17-11/h6-8,12-13H,4-5H2,1-3H3. The monoisotopic (exact) mass is 250 g/mol. The van der Waals surface area contributed by atoms with Crippen LogP contribution < -0.4 is 5.32 Å². The molecule has 0 amide bonds. The van der Waals surface area contributed by atoms with E-state index >= 15 is 0 Å². The minimum absolute atomic E-state index is 0.217. The molecule has 2 aromatic heterocycles. The van der Waals surface area contributed by atoms with E-state index in [1.165, 1.54) is 10.4 Å². The zero-order chi connectivity index (χ0) is 12.3. The first-order chi connectivity index (χ1) is 8.20. The molecule has 0 spiro atoms. The van der Waals surface area contributed by atoms with Crippen LogP contribution in [-0.4, -0.2) is 21.3 Å². The molecule has 1 atom stereocenters. The average molecular weight is 250 g/mol. The van der Waals surface area contributed by atoms with Crippen molar-refractivity contribution >= 4 is 11.3 Å². The number of thiazole rings is 1. The molecule has 92 valence electrons. The first-order valence-corrected chi connectivity index (χ1v) is 6.66. The Morgan fingerprint density at radius 3 is 2.82 bits per heavy atom. The number of hydrogen-bond donors (Lipinski definition) is 1. The number of nitrogens with zero attached hydrogens (tertiary/aromatic N) is 3. The van der Waals surface area contributed by atoms with Crippen LogP contribution in [0.1, 0.15) is 34.8 Å². The summed E-state index contributed by atoms with van der Waals surface area (Å²) >= 11 is 1.74. The van der Waals surface area contributed by atoms with Gasteiger partial charge in [-0.15, -0.1) is 11.3 Å². The van der Waals surface area contributed by atoms with Crippen LogP contribution in [-0.2, 0) is 7.05 Å². The van der Waals surface area contributed by atoms with E-state index in [4.69, 9.17) is 0 Å². The van der Waals surface area contributed by atoms with Gasteiger partial charge in [0.05, 0.1) is 17.2 Å². The predicted octanol–water partition coefficient (Wildman–Crippen LogP) is 2.27. The molecule has 1 N–H and O–H groups in total. The Morgan fingerprint density at radius 2 is 2.29 bits per heavy atom. The Kier molecular flexibility index (Phi) is 3.91. The van der Waals surface area contributed by atoms with Gasteiger partial charge in [-0.2, -0.15) is 5.10 Å². The molecule has 0 aromatic carbocycles. The van der Waals surface area contributed by atoms with Crippen molar-refractivity contribution in [2.24, 2.45) is 7.05 Å². The van der Waals surface area contributed by atoms with Crippen LogP contribution >= 0.6 is 11.3 Å². The Bertz CT molecular complexity index is 434. The third-order valence-electron chi connectivity index (χ3n) is 2.58. The van der Waals surface area contributed by atoms with Crippen molar-refractivity contribution in [2.75, 3.05) is 6.54 Å². The molecular weight excluding hydrogens is 232 g/mol. The lowest BCUT2D eigenvalue weighted by Gasteiger charge is -2.14. The van der Waals surface area contributed by atoms with Crippen LogP contribution in [0.5, 0.6) is 0 Å². The minimum Gasteiger partial charge on any atom is -0.305 e. The van der Waals surface area contributed by atoms with Gasteiger partial charge in [-0.05, 0) is 19.9 Å². The summed E-state index contributed by atoms with van der Waals surface area (Å²) in [6.45, 7) is 5.20. The van der Waals surface area contributed by atoms with E-state index in [-0.39, 0.29) is 6.04 Å². The number of hydrogen-bond acceptors (Lipinski definition) is 4. The fourth-order valence-electron chi connectivity index (χ4n) is 1.77. The van der Waals surface area contributed by atoms with Crippen molar-refractivity contribution in [2.45, 2.75) is 26.3 Å². The topological polar surface area (TPSA) is 42.7 Å². The highest BCUT2D eigenvalue weighted by molar-refractivity contribution is 7.11. The number of aromatic nitrogens is 3. The van der Waals surface area contributed by atoms with Gasteiger partial charge in [0.1, 0.15) is 0 Å². The van der Waals surface area contributed by atoms with Gasteiger partial charge >= 0.3 is 0 Å². The summed E-state index contributed by atoms with van der Waals surface area (Å²) in [5.74, 6) is 0. The lowest BCUT2D eigenvalue weighted by Crippen LogP contribution is -2.22. The molecular formula is C12H18N4S. The molecule has 0 aliphatic heterocycles. The van der Waals surface area contributed by atoms with Crippen molar-refractivity contribution < 1.29 is 0 Å². The van der Waals surface area contributed by atoms with Crippen LogP contribution in [0.15, 0.2) is 18.6 Å². The van der Waals surface area contributed by atoms with Crippen LogP contribution in [0.2, 0.25) is 0 Å². The third-order valence-corrected chi connectivity index (χ3v) is 3.56. The van der Waals surface area contributed by atoms with Gasteiger partial charge in [-0.25, -0.2) is 4.98 Å². The lowest BCUT2D eigenvalue weighted by atomic mass is 10.1. The van der Waals surface area contributed by atoms with E-state index in [0.29, 0.717) is 0 Å². The summed E-state index contributed by atoms with van der Waals surface area (Å²) in [6, 6.07) is 0.217. The lowest BCUT2D eigenvalue weighted by molar-refractivity contribution is 0.604. The van der Waals surface area contributed by atoms with Crippen LogP contribution in [0.25, 0.3) is 0 Å². The predicted molar refractivity (Wildman–Crippen MR) is 70.2 cm³/mol. The van der Waals surface area contributed by atoms with E-state index < -0.39 is 0 Å². The van der Waals surface area contributed by atoms with E-state index in [1.807, 2.05) is 31.0 Å². The molecule has 4 nitrogen and oxygen atoms in total. The summed E-state index contributed by atoms with van der Waals surface area (Å²) in [5, 5.41) is 8.89. The maximum atomic E-state index is 4.33. The van der Waals surface area contributed by atoms with Crippen molar-refractivity contribution in [3.05, 3.63) is 34.0 Å². The van der Waals surface area contributed by atoms with Crippen molar-refractivity contribution in [3.63, 3.8) is 0 Å². The van der Waals surface area contributed by atoms with Crippen molar-refractivity contribution in [1.82, 2.24) is 20.1 Å². The fourth-order valence-corrected chi connectivity index (χ4v) is 2.66. The fraction of sp³-hybridized carbons (Fsp3) is 0.500. The van der Waals surface area contributed by atoms with Crippen LogP contribution in [0.4, 0.5) is 0 Å². The molecule has 0 radical (unpaired) electrons. The van der Waals surface area contributed by atoms with E-state index in [2.05, 4.69) is 28.5 Å². The Morgan fingerprint density at radius 1 is 1.47 bits per heavy atom. The normalized spacial score (nSPS) is 12.9. The summed E-state index contributed by atoms with van der Waals surface area (Å²) in [6.07, 6.45) is 7.06. The second-order valence-electron chi connectivity index (χ2n) is 4.12. The summed E-state index contributed by atoms with van der Waals surface area (Å²) < 4.78 is 1.84. The minimum atomic E-state index is 0.217.